The maximum atomic E-state index is 11.6. The second kappa shape index (κ2) is 11.3. The van der Waals surface area contributed by atoms with E-state index in [1.807, 2.05) is 19.4 Å². The predicted octanol–water partition coefficient (Wildman–Crippen LogP) is 2.94. The summed E-state index contributed by atoms with van der Waals surface area (Å²) >= 11 is 0. The molecule has 0 bridgehead atoms. The molecule has 2 aliphatic rings. The number of piperazine rings is 1. The molecule has 0 spiro atoms. The zero-order chi connectivity index (χ0) is 27.6. The van der Waals surface area contributed by atoms with Crippen molar-refractivity contribution in [2.24, 2.45) is 7.05 Å². The quantitative estimate of drug-likeness (QED) is 0.377. The molecule has 210 valence electrons. The number of likely N-dealkylation sites (N-methyl/N-ethyl adjacent to an activating group) is 1. The van der Waals surface area contributed by atoms with E-state index in [0.29, 0.717) is 5.88 Å². The fourth-order valence-corrected chi connectivity index (χ4v) is 5.68. The monoisotopic (exact) mass is 543 g/mol. The third-order valence-electron chi connectivity index (χ3n) is 8.14. The van der Waals surface area contributed by atoms with Crippen LogP contribution >= 0.6 is 0 Å². The van der Waals surface area contributed by atoms with E-state index in [0.717, 1.165) is 92.1 Å². The molecule has 0 amide bonds. The van der Waals surface area contributed by atoms with E-state index in [2.05, 4.69) is 55.1 Å². The Morgan fingerprint density at radius 2 is 1.75 bits per heavy atom. The van der Waals surface area contributed by atoms with Crippen LogP contribution in [0.4, 0.5) is 5.82 Å². The molecule has 1 aliphatic carbocycles. The Morgan fingerprint density at radius 1 is 0.950 bits per heavy atom. The molecule has 11 heteroatoms. The summed E-state index contributed by atoms with van der Waals surface area (Å²) in [6.07, 6.45) is 7.58. The lowest BCUT2D eigenvalue weighted by Crippen LogP contribution is -2.43. The van der Waals surface area contributed by atoms with Crippen molar-refractivity contribution in [2.75, 3.05) is 45.6 Å². The number of anilines is 1. The van der Waals surface area contributed by atoms with Crippen LogP contribution in [0.3, 0.4) is 0 Å². The summed E-state index contributed by atoms with van der Waals surface area (Å²) in [7, 11) is 5.70. The van der Waals surface area contributed by atoms with Gasteiger partial charge >= 0.3 is 0 Å². The summed E-state index contributed by atoms with van der Waals surface area (Å²) in [6, 6.07) is 9.75. The summed E-state index contributed by atoms with van der Waals surface area (Å²) in [5, 5.41) is 13.6. The Kier molecular flexibility index (Phi) is 7.48. The minimum Gasteiger partial charge on any atom is -0.473 e. The van der Waals surface area contributed by atoms with Gasteiger partial charge in [-0.25, -0.2) is 9.67 Å². The SMILES string of the molecule is CNc1cc2c(cn1)c(-c1ccc(CN3CCN(C)CC3)nc1)nn2C1CCC(Oc2ccc(=O)n(C)n2)CC1. The fourth-order valence-electron chi connectivity index (χ4n) is 5.68. The van der Waals surface area contributed by atoms with Gasteiger partial charge in [0.1, 0.15) is 17.6 Å². The number of nitrogens with zero attached hydrogens (tertiary/aromatic N) is 8. The highest BCUT2D eigenvalue weighted by molar-refractivity contribution is 5.93. The first-order chi connectivity index (χ1) is 19.5. The highest BCUT2D eigenvalue weighted by atomic mass is 16.5. The van der Waals surface area contributed by atoms with E-state index in [9.17, 15) is 4.79 Å². The van der Waals surface area contributed by atoms with Gasteiger partial charge in [0.15, 0.2) is 0 Å². The number of hydrogen-bond donors (Lipinski definition) is 1. The molecule has 0 radical (unpaired) electrons. The van der Waals surface area contributed by atoms with Crippen molar-refractivity contribution in [3.63, 3.8) is 0 Å². The van der Waals surface area contributed by atoms with Crippen molar-refractivity contribution in [1.82, 2.24) is 39.3 Å². The van der Waals surface area contributed by atoms with Gasteiger partial charge in [-0.2, -0.15) is 5.10 Å². The minimum absolute atomic E-state index is 0.0640. The molecule has 40 heavy (non-hydrogen) atoms. The van der Waals surface area contributed by atoms with Crippen LogP contribution in [0, 0.1) is 0 Å². The normalized spacial score (nSPS) is 20.6. The van der Waals surface area contributed by atoms with Crippen molar-refractivity contribution < 1.29 is 4.74 Å². The van der Waals surface area contributed by atoms with Crippen LogP contribution in [-0.2, 0) is 13.6 Å². The second-order valence-corrected chi connectivity index (χ2v) is 10.9. The van der Waals surface area contributed by atoms with Crippen molar-refractivity contribution in [3.05, 3.63) is 58.8 Å². The number of aromatic nitrogens is 6. The molecule has 2 fully saturated rings. The molecule has 0 unspecified atom stereocenters. The average molecular weight is 544 g/mol. The lowest BCUT2D eigenvalue weighted by Gasteiger charge is -2.32. The number of aryl methyl sites for hydroxylation is 1. The van der Waals surface area contributed by atoms with Crippen LogP contribution in [0.5, 0.6) is 5.88 Å². The van der Waals surface area contributed by atoms with Gasteiger partial charge in [0.25, 0.3) is 5.56 Å². The smallest absolute Gasteiger partial charge is 0.266 e. The van der Waals surface area contributed by atoms with Gasteiger partial charge < -0.3 is 15.0 Å². The van der Waals surface area contributed by atoms with Crippen LogP contribution < -0.4 is 15.6 Å². The van der Waals surface area contributed by atoms with E-state index in [4.69, 9.17) is 14.8 Å². The Bertz CT molecular complexity index is 1520. The predicted molar refractivity (Wildman–Crippen MR) is 154 cm³/mol. The molecule has 5 heterocycles. The number of hydrogen-bond acceptors (Lipinski definition) is 9. The molecular weight excluding hydrogens is 506 g/mol. The Balaban J connectivity index is 1.20. The van der Waals surface area contributed by atoms with Crippen LogP contribution in [0.1, 0.15) is 37.4 Å². The highest BCUT2D eigenvalue weighted by Gasteiger charge is 2.27. The van der Waals surface area contributed by atoms with E-state index in [-0.39, 0.29) is 17.7 Å². The molecule has 0 atom stereocenters. The fraction of sp³-hybridized carbons (Fsp3) is 0.483. The number of pyridine rings is 2. The zero-order valence-electron chi connectivity index (χ0n) is 23.5. The Morgan fingerprint density at radius 3 is 2.45 bits per heavy atom. The van der Waals surface area contributed by atoms with E-state index < -0.39 is 0 Å². The lowest BCUT2D eigenvalue weighted by molar-refractivity contribution is 0.123. The van der Waals surface area contributed by atoms with Gasteiger partial charge in [-0.1, -0.05) is 0 Å². The summed E-state index contributed by atoms with van der Waals surface area (Å²) < 4.78 is 9.59. The summed E-state index contributed by atoms with van der Waals surface area (Å²) in [6.45, 7) is 5.21. The van der Waals surface area contributed by atoms with E-state index in [1.165, 1.54) is 10.7 Å². The third kappa shape index (κ3) is 5.57. The summed E-state index contributed by atoms with van der Waals surface area (Å²) in [5.41, 5.74) is 3.92. The molecule has 6 rings (SSSR count). The van der Waals surface area contributed by atoms with Gasteiger partial charge in [-0.3, -0.25) is 19.4 Å². The zero-order valence-corrected chi connectivity index (χ0v) is 23.5. The molecule has 0 aromatic carbocycles. The van der Waals surface area contributed by atoms with Gasteiger partial charge in [0.2, 0.25) is 5.88 Å². The largest absolute Gasteiger partial charge is 0.473 e. The topological polar surface area (TPSA) is 106 Å². The van der Waals surface area contributed by atoms with Crippen LogP contribution in [0.25, 0.3) is 22.2 Å². The number of ether oxygens (including phenoxy) is 1. The standard InChI is InChI=1S/C29H37N9O2/c1-30-26-16-25-24(18-32-26)29(20-4-5-21(31-17-20)19-37-14-12-35(2)13-15-37)34-38(25)22-6-8-23(9-7-22)40-27-10-11-28(39)36(3)33-27/h4-5,10-11,16-18,22-23H,6-9,12-15,19H2,1-3H3,(H,30,32). The first-order valence-corrected chi connectivity index (χ1v) is 14.1. The molecule has 11 nitrogen and oxygen atoms in total. The second-order valence-electron chi connectivity index (χ2n) is 10.9. The molecule has 1 N–H and O–H groups in total. The molecule has 1 saturated heterocycles. The average Bonchev–Trinajstić information content (AvgIpc) is 3.36. The number of fused-ring (bicyclic) bond motifs is 1. The Hall–Kier alpha value is -3.83. The van der Waals surface area contributed by atoms with Crippen molar-refractivity contribution in [2.45, 2.75) is 44.4 Å². The van der Waals surface area contributed by atoms with Gasteiger partial charge in [-0.15, -0.1) is 5.10 Å². The maximum absolute atomic E-state index is 11.6. The van der Waals surface area contributed by atoms with Gasteiger partial charge in [0, 0.05) is 88.4 Å². The molecular formula is C29H37N9O2. The van der Waals surface area contributed by atoms with Crippen molar-refractivity contribution >= 4 is 16.7 Å². The van der Waals surface area contributed by atoms with E-state index in [1.54, 1.807) is 13.1 Å². The third-order valence-corrected chi connectivity index (χ3v) is 8.14. The van der Waals surface area contributed by atoms with Crippen LogP contribution in [0.2, 0.25) is 0 Å². The molecule has 1 aliphatic heterocycles. The number of rotatable bonds is 7. The summed E-state index contributed by atoms with van der Waals surface area (Å²) in [4.78, 5) is 25.9. The minimum atomic E-state index is -0.146. The summed E-state index contributed by atoms with van der Waals surface area (Å²) in [5.74, 6) is 1.31. The molecule has 4 aromatic rings. The van der Waals surface area contributed by atoms with Crippen molar-refractivity contribution in [1.29, 1.82) is 0 Å². The maximum Gasteiger partial charge on any atom is 0.266 e. The molecule has 4 aromatic heterocycles. The Labute approximate surface area is 233 Å². The van der Waals surface area contributed by atoms with Gasteiger partial charge in [0.05, 0.1) is 17.3 Å². The number of nitrogens with one attached hydrogen (secondary N) is 1. The van der Waals surface area contributed by atoms with Crippen LogP contribution in [0.15, 0.2) is 47.5 Å². The first kappa shape index (κ1) is 26.4. The highest BCUT2D eigenvalue weighted by Crippen LogP contribution is 2.36. The molecule has 1 saturated carbocycles. The van der Waals surface area contributed by atoms with Crippen LogP contribution in [-0.4, -0.2) is 85.7 Å². The first-order valence-electron chi connectivity index (χ1n) is 14.1. The van der Waals surface area contributed by atoms with Crippen molar-refractivity contribution in [3.8, 4) is 17.1 Å². The lowest BCUT2D eigenvalue weighted by atomic mass is 9.93. The van der Waals surface area contributed by atoms with E-state index >= 15 is 0 Å². The van der Waals surface area contributed by atoms with Gasteiger partial charge in [-0.05, 0) is 44.9 Å².